The first-order valence-electron chi connectivity index (χ1n) is 6.19. The Morgan fingerprint density at radius 1 is 1.35 bits per heavy atom. The number of fused-ring (bicyclic) bond motifs is 1. The minimum absolute atomic E-state index is 0.132. The molecule has 1 heterocycles. The standard InChI is InChI=1S/C14H17ClO5/c1-14(2)6-19-10-4-8(12(16)13(17)18-3)9(15)5-11(10)20-7-14/h4-5,12,16H,6-7H2,1-3H3. The number of methoxy groups -OCH3 is 1. The Labute approximate surface area is 122 Å². The predicted octanol–water partition coefficient (Wildman–Crippen LogP) is 2.34. The van der Waals surface area contributed by atoms with Crippen LogP contribution >= 0.6 is 11.6 Å². The van der Waals surface area contributed by atoms with Gasteiger partial charge in [-0.25, -0.2) is 4.79 Å². The minimum Gasteiger partial charge on any atom is -0.489 e. The van der Waals surface area contributed by atoms with Crippen LogP contribution in [0.25, 0.3) is 0 Å². The molecule has 0 radical (unpaired) electrons. The third-order valence-corrected chi connectivity index (χ3v) is 3.35. The molecule has 1 aliphatic heterocycles. The molecule has 0 amide bonds. The van der Waals surface area contributed by atoms with Crippen LogP contribution in [-0.4, -0.2) is 31.4 Å². The monoisotopic (exact) mass is 300 g/mol. The molecule has 0 aromatic heterocycles. The summed E-state index contributed by atoms with van der Waals surface area (Å²) in [5.74, 6) is 0.182. The zero-order valence-corrected chi connectivity index (χ0v) is 12.4. The molecule has 0 fully saturated rings. The van der Waals surface area contributed by atoms with Gasteiger partial charge in [-0.15, -0.1) is 0 Å². The first kappa shape index (κ1) is 14.9. The van der Waals surface area contributed by atoms with Gasteiger partial charge in [0.1, 0.15) is 0 Å². The molecule has 5 nitrogen and oxygen atoms in total. The van der Waals surface area contributed by atoms with Gasteiger partial charge in [0.05, 0.1) is 25.3 Å². The van der Waals surface area contributed by atoms with Gasteiger partial charge in [0, 0.05) is 17.0 Å². The molecular formula is C14H17ClO5. The number of hydrogen-bond donors (Lipinski definition) is 1. The lowest BCUT2D eigenvalue weighted by Crippen LogP contribution is -2.26. The van der Waals surface area contributed by atoms with E-state index in [9.17, 15) is 9.90 Å². The van der Waals surface area contributed by atoms with Crippen molar-refractivity contribution in [2.24, 2.45) is 5.41 Å². The van der Waals surface area contributed by atoms with Gasteiger partial charge in [-0.3, -0.25) is 0 Å². The molecule has 1 aliphatic rings. The summed E-state index contributed by atoms with van der Waals surface area (Å²) >= 11 is 6.08. The van der Waals surface area contributed by atoms with E-state index in [2.05, 4.69) is 4.74 Å². The van der Waals surface area contributed by atoms with Gasteiger partial charge >= 0.3 is 5.97 Å². The summed E-state index contributed by atoms with van der Waals surface area (Å²) in [6, 6.07) is 3.06. The van der Waals surface area contributed by atoms with E-state index in [0.29, 0.717) is 24.7 Å². The summed E-state index contributed by atoms with van der Waals surface area (Å²) < 4.78 is 15.8. The average molecular weight is 301 g/mol. The normalized spacial score (nSPS) is 18.1. The number of hydrogen-bond acceptors (Lipinski definition) is 5. The smallest absolute Gasteiger partial charge is 0.339 e. The summed E-state index contributed by atoms with van der Waals surface area (Å²) in [4.78, 5) is 11.4. The Balaban J connectivity index is 2.36. The van der Waals surface area contributed by atoms with E-state index in [-0.39, 0.29) is 16.0 Å². The fourth-order valence-electron chi connectivity index (χ4n) is 1.81. The molecule has 1 atom stereocenters. The highest BCUT2D eigenvalue weighted by Crippen LogP contribution is 2.39. The summed E-state index contributed by atoms with van der Waals surface area (Å²) in [6.07, 6.45) is -1.45. The number of ether oxygens (including phenoxy) is 3. The largest absolute Gasteiger partial charge is 0.489 e. The van der Waals surface area contributed by atoms with Crippen molar-refractivity contribution in [1.29, 1.82) is 0 Å². The fraction of sp³-hybridized carbons (Fsp3) is 0.500. The first-order valence-corrected chi connectivity index (χ1v) is 6.57. The van der Waals surface area contributed by atoms with E-state index in [1.54, 1.807) is 6.07 Å². The van der Waals surface area contributed by atoms with Crippen molar-refractivity contribution in [2.45, 2.75) is 20.0 Å². The summed E-state index contributed by atoms with van der Waals surface area (Å²) in [7, 11) is 1.20. The summed E-state index contributed by atoms with van der Waals surface area (Å²) in [5.41, 5.74) is 0.104. The van der Waals surface area contributed by atoms with Crippen molar-refractivity contribution < 1.29 is 24.1 Å². The van der Waals surface area contributed by atoms with Gasteiger partial charge in [-0.2, -0.15) is 0 Å². The Morgan fingerprint density at radius 2 is 1.90 bits per heavy atom. The molecule has 2 rings (SSSR count). The second-order valence-corrected chi connectivity index (χ2v) is 5.89. The lowest BCUT2D eigenvalue weighted by molar-refractivity contribution is -0.150. The van der Waals surface area contributed by atoms with E-state index in [4.69, 9.17) is 21.1 Å². The zero-order chi connectivity index (χ0) is 14.9. The maximum atomic E-state index is 11.4. The maximum absolute atomic E-state index is 11.4. The van der Waals surface area contributed by atoms with Gasteiger partial charge in [0.25, 0.3) is 0 Å². The van der Waals surface area contributed by atoms with Crippen molar-refractivity contribution in [3.63, 3.8) is 0 Å². The molecular weight excluding hydrogens is 284 g/mol. The van der Waals surface area contributed by atoms with Gasteiger partial charge in [-0.05, 0) is 6.07 Å². The highest BCUT2D eigenvalue weighted by Gasteiger charge is 2.28. The van der Waals surface area contributed by atoms with Crippen molar-refractivity contribution in [3.05, 3.63) is 22.7 Å². The van der Waals surface area contributed by atoms with Crippen LogP contribution in [0.5, 0.6) is 11.5 Å². The zero-order valence-electron chi connectivity index (χ0n) is 11.6. The number of rotatable bonds is 2. The van der Waals surface area contributed by atoms with E-state index >= 15 is 0 Å². The van der Waals surface area contributed by atoms with E-state index in [1.807, 2.05) is 13.8 Å². The molecule has 20 heavy (non-hydrogen) atoms. The number of aliphatic hydroxyl groups excluding tert-OH is 1. The highest BCUT2D eigenvalue weighted by atomic mass is 35.5. The lowest BCUT2D eigenvalue weighted by Gasteiger charge is -2.19. The quantitative estimate of drug-likeness (QED) is 0.849. The van der Waals surface area contributed by atoms with Crippen LogP contribution in [0.3, 0.4) is 0 Å². The molecule has 1 aromatic rings. The number of carbonyl (C=O) groups is 1. The van der Waals surface area contributed by atoms with Gasteiger partial charge in [-0.1, -0.05) is 25.4 Å². The van der Waals surface area contributed by atoms with Gasteiger partial charge in [0.2, 0.25) is 0 Å². The second kappa shape index (κ2) is 5.50. The molecule has 0 saturated carbocycles. The summed E-state index contributed by atoms with van der Waals surface area (Å²) in [6.45, 7) is 5.00. The number of benzene rings is 1. The summed E-state index contributed by atoms with van der Waals surface area (Å²) in [5, 5.41) is 10.1. The molecule has 1 aromatic carbocycles. The number of carbonyl (C=O) groups excluding carboxylic acids is 1. The Bertz CT molecular complexity index is 527. The van der Waals surface area contributed by atoms with Crippen LogP contribution in [0.1, 0.15) is 25.5 Å². The van der Waals surface area contributed by atoms with Crippen LogP contribution in [0.15, 0.2) is 12.1 Å². The number of esters is 1. The molecule has 0 bridgehead atoms. The molecule has 6 heteroatoms. The van der Waals surface area contributed by atoms with Crippen LogP contribution in [0.4, 0.5) is 0 Å². The average Bonchev–Trinajstić information content (AvgIpc) is 2.55. The highest BCUT2D eigenvalue weighted by molar-refractivity contribution is 6.31. The molecule has 0 spiro atoms. The number of halogens is 1. The maximum Gasteiger partial charge on any atom is 0.339 e. The van der Waals surface area contributed by atoms with Crippen LogP contribution in [0, 0.1) is 5.41 Å². The molecule has 0 saturated heterocycles. The van der Waals surface area contributed by atoms with Crippen LogP contribution in [0.2, 0.25) is 5.02 Å². The Hall–Kier alpha value is -1.46. The third kappa shape index (κ3) is 2.99. The molecule has 0 aliphatic carbocycles. The topological polar surface area (TPSA) is 65.0 Å². The van der Waals surface area contributed by atoms with E-state index in [1.165, 1.54) is 13.2 Å². The molecule has 110 valence electrons. The Kier molecular flexibility index (Phi) is 4.11. The van der Waals surface area contributed by atoms with E-state index < -0.39 is 12.1 Å². The van der Waals surface area contributed by atoms with Gasteiger partial charge < -0.3 is 19.3 Å². The SMILES string of the molecule is COC(=O)C(O)c1cc2c(cc1Cl)OCC(C)(C)CO2. The van der Waals surface area contributed by atoms with Crippen LogP contribution < -0.4 is 9.47 Å². The first-order chi connectivity index (χ1) is 9.34. The predicted molar refractivity (Wildman–Crippen MR) is 73.2 cm³/mol. The second-order valence-electron chi connectivity index (χ2n) is 5.49. The molecule has 1 N–H and O–H groups in total. The Morgan fingerprint density at radius 3 is 2.45 bits per heavy atom. The van der Waals surface area contributed by atoms with Crippen molar-refractivity contribution >= 4 is 17.6 Å². The van der Waals surface area contributed by atoms with Crippen molar-refractivity contribution in [3.8, 4) is 11.5 Å². The third-order valence-electron chi connectivity index (χ3n) is 3.02. The van der Waals surface area contributed by atoms with Crippen LogP contribution in [-0.2, 0) is 9.53 Å². The lowest BCUT2D eigenvalue weighted by atomic mass is 9.97. The van der Waals surface area contributed by atoms with Crippen molar-refractivity contribution in [2.75, 3.05) is 20.3 Å². The van der Waals surface area contributed by atoms with Crippen molar-refractivity contribution in [1.82, 2.24) is 0 Å². The minimum atomic E-state index is -1.45. The van der Waals surface area contributed by atoms with E-state index in [0.717, 1.165) is 0 Å². The number of aliphatic hydroxyl groups is 1. The fourth-order valence-corrected chi connectivity index (χ4v) is 2.07. The molecule has 1 unspecified atom stereocenters. The van der Waals surface area contributed by atoms with Gasteiger partial charge in [0.15, 0.2) is 17.6 Å².